The quantitative estimate of drug-likeness (QED) is 0.111. The molecule has 0 unspecified atom stereocenters. The summed E-state index contributed by atoms with van der Waals surface area (Å²) < 4.78 is 0. The monoisotopic (exact) mass is 1400 g/mol. The van der Waals surface area contributed by atoms with E-state index in [-0.39, 0.29) is 0 Å². The lowest BCUT2D eigenvalue weighted by atomic mass is 9.67. The minimum atomic E-state index is -0.693. The first-order valence-corrected chi connectivity index (χ1v) is 37.4. The van der Waals surface area contributed by atoms with Crippen LogP contribution in [0, 0.1) is 13.8 Å². The van der Waals surface area contributed by atoms with Crippen molar-refractivity contribution in [1.29, 1.82) is 0 Å². The highest BCUT2D eigenvalue weighted by Gasteiger charge is 2.48. The second-order valence-corrected chi connectivity index (χ2v) is 29.1. The first kappa shape index (κ1) is 64.1. The van der Waals surface area contributed by atoms with Crippen LogP contribution in [-0.4, -0.2) is 39.9 Å². The Morgan fingerprint density at radius 1 is 0.191 bits per heavy atom. The van der Waals surface area contributed by atoms with Gasteiger partial charge in [0.1, 0.15) is 0 Å². The van der Waals surface area contributed by atoms with Gasteiger partial charge in [-0.05, 0) is 196 Å². The number of hydrogen-bond donors (Lipinski definition) is 0. The highest BCUT2D eigenvalue weighted by Crippen LogP contribution is 2.60. The molecule has 8 heteroatoms. The largest absolute Gasteiger partial charge is 0.256 e. The number of fused-ring (bicyclic) bond motifs is 12. The van der Waals surface area contributed by atoms with Crippen LogP contribution in [0.5, 0.6) is 0 Å². The maximum absolute atomic E-state index is 5.58. The molecule has 11 aromatic carbocycles. The van der Waals surface area contributed by atoms with Gasteiger partial charge in [0, 0.05) is 90.8 Å². The molecule has 8 aromatic heterocycles. The molecule has 0 bridgehead atoms. The summed E-state index contributed by atoms with van der Waals surface area (Å²) in [5.41, 5.74) is 33.9. The first-order valence-electron chi connectivity index (χ1n) is 37.4. The molecule has 0 amide bonds. The van der Waals surface area contributed by atoms with Crippen LogP contribution in [0.1, 0.15) is 55.6 Å². The smallest absolute Gasteiger partial charge is 0.0972 e. The van der Waals surface area contributed by atoms with E-state index in [4.69, 9.17) is 39.9 Å². The molecule has 2 aliphatic rings. The fourth-order valence-electron chi connectivity index (χ4n) is 17.6. The van der Waals surface area contributed by atoms with Crippen LogP contribution in [0.2, 0.25) is 0 Å². The van der Waals surface area contributed by atoms with E-state index in [2.05, 4.69) is 329 Å². The van der Waals surface area contributed by atoms with Gasteiger partial charge in [-0.2, -0.15) is 0 Å². The van der Waals surface area contributed by atoms with Crippen molar-refractivity contribution in [3.8, 4) is 112 Å². The Morgan fingerprint density at radius 3 is 0.736 bits per heavy atom. The van der Waals surface area contributed by atoms with Crippen molar-refractivity contribution in [3.63, 3.8) is 0 Å². The molecule has 110 heavy (non-hydrogen) atoms. The fourth-order valence-corrected chi connectivity index (χ4v) is 17.6. The summed E-state index contributed by atoms with van der Waals surface area (Å²) in [6.07, 6.45) is 7.46. The summed E-state index contributed by atoms with van der Waals surface area (Å²) in [5, 5.41) is 4.06. The highest BCUT2D eigenvalue weighted by molar-refractivity contribution is 6.06. The average Bonchev–Trinajstić information content (AvgIpc) is 1.53. The molecule has 8 nitrogen and oxygen atoms in total. The van der Waals surface area contributed by atoms with Crippen LogP contribution in [0.25, 0.3) is 156 Å². The Kier molecular flexibility index (Phi) is 15.0. The van der Waals surface area contributed by atoms with Gasteiger partial charge >= 0.3 is 0 Å². The zero-order valence-electron chi connectivity index (χ0n) is 60.2. The lowest BCUT2D eigenvalue weighted by Gasteiger charge is -2.34. The Balaban J connectivity index is 0.640. The van der Waals surface area contributed by atoms with Gasteiger partial charge in [-0.25, -0.2) is 19.9 Å². The molecule has 21 rings (SSSR count). The van der Waals surface area contributed by atoms with E-state index in [1.807, 2.05) is 49.1 Å². The van der Waals surface area contributed by atoms with Crippen molar-refractivity contribution in [1.82, 2.24) is 39.9 Å². The summed E-state index contributed by atoms with van der Waals surface area (Å²) in [6, 6.07) is 123. The fraction of sp³-hybridized carbons (Fsp3) is 0.0392. The molecular formula is C102H66N8. The Labute approximate surface area is 636 Å². The Bertz CT molecular complexity index is 6360. The molecule has 0 fully saturated rings. The van der Waals surface area contributed by atoms with Gasteiger partial charge in [0.25, 0.3) is 0 Å². The van der Waals surface area contributed by atoms with Crippen LogP contribution in [0.4, 0.5) is 0 Å². The molecule has 0 atom stereocenters. The normalized spacial score (nSPS) is 13.0. The van der Waals surface area contributed by atoms with E-state index in [0.717, 1.165) is 156 Å². The summed E-state index contributed by atoms with van der Waals surface area (Å²) in [7, 11) is 0. The van der Waals surface area contributed by atoms with E-state index in [1.54, 1.807) is 0 Å². The minimum Gasteiger partial charge on any atom is -0.256 e. The first-order chi connectivity index (χ1) is 54.3. The van der Waals surface area contributed by atoms with Gasteiger partial charge in [0.05, 0.1) is 78.4 Å². The molecule has 0 radical (unpaired) electrons. The molecule has 0 saturated heterocycles. The molecule has 0 spiro atoms. The van der Waals surface area contributed by atoms with Gasteiger partial charge in [0.15, 0.2) is 0 Å². The number of rotatable bonds is 12. The summed E-state index contributed by atoms with van der Waals surface area (Å²) in [4.78, 5) is 41.5. The summed E-state index contributed by atoms with van der Waals surface area (Å²) in [6.45, 7) is 4.37. The third-order valence-corrected chi connectivity index (χ3v) is 22.7. The van der Waals surface area contributed by atoms with Gasteiger partial charge in [-0.3, -0.25) is 19.9 Å². The molecule has 0 aliphatic heterocycles. The predicted octanol–water partition coefficient (Wildman–Crippen LogP) is 24.1. The number of pyridine rings is 8. The Morgan fingerprint density at radius 2 is 0.445 bits per heavy atom. The maximum Gasteiger partial charge on any atom is 0.0972 e. The number of hydrogen-bond acceptors (Lipinski definition) is 8. The standard InChI is InChI=1S/C102H66N8/c1-63-30-42-85-81(54-63)83-61-75(36-44-87(83)101(85,77-22-12-18-71(57-77)89-26-3-7-50-103-89)78-23-13-19-72(58-78)90-27-4-8-51-104-90)95-48-40-67-34-32-65-38-46-93(107-97(65)99(67)109-95)69-16-11-17-70(56-69)94-47-39-66-33-35-68-41-49-96(110-100(68)98(66)108-94)76-37-45-88-84(62-76)82-55-64(2)31-43-86(82)102(88,79-24-14-20-73(59-79)91-28-5-9-52-105-91)80-25-15-21-74(60-80)92-29-6-10-53-106-92/h3-62H,1-2H3. The van der Waals surface area contributed by atoms with Crippen LogP contribution >= 0.6 is 0 Å². The van der Waals surface area contributed by atoms with Crippen molar-refractivity contribution >= 4 is 43.6 Å². The van der Waals surface area contributed by atoms with E-state index in [0.29, 0.717) is 0 Å². The maximum atomic E-state index is 5.58. The highest BCUT2D eigenvalue weighted by atomic mass is 14.8. The lowest BCUT2D eigenvalue weighted by Crippen LogP contribution is -2.28. The van der Waals surface area contributed by atoms with Crippen molar-refractivity contribution in [2.75, 3.05) is 0 Å². The molecule has 0 saturated carbocycles. The van der Waals surface area contributed by atoms with Crippen molar-refractivity contribution in [2.24, 2.45) is 0 Å². The SMILES string of the molecule is Cc1ccc2c(c1)-c1cc(-c3ccc4ccc5ccc(-c6cccc(-c7ccc8ccc9ccc(-c%10ccc%11c(c%10)-c%10cc(C)ccc%10C%11(c%10cccc(-c%11ccccn%11)c%10)c%10cccc(-c%11ccccn%11)c%10)nc9c8n7)c6)nc5c4n3)ccc1C2(c1cccc(-c2ccccn2)c1)c1cccc(-c2ccccn2)c1. The van der Waals surface area contributed by atoms with Crippen molar-refractivity contribution in [2.45, 2.75) is 24.7 Å². The van der Waals surface area contributed by atoms with Gasteiger partial charge < -0.3 is 0 Å². The molecule has 8 heterocycles. The lowest BCUT2D eigenvalue weighted by molar-refractivity contribution is 0.769. The molecular weight excluding hydrogens is 1340 g/mol. The second kappa shape index (κ2) is 25.7. The number of aromatic nitrogens is 8. The van der Waals surface area contributed by atoms with Gasteiger partial charge in [-0.15, -0.1) is 0 Å². The van der Waals surface area contributed by atoms with Gasteiger partial charge in [0.2, 0.25) is 0 Å². The molecule has 2 aliphatic carbocycles. The number of nitrogens with zero attached hydrogens (tertiary/aromatic N) is 8. The third-order valence-electron chi connectivity index (χ3n) is 22.7. The molecule has 514 valence electrons. The van der Waals surface area contributed by atoms with Gasteiger partial charge in [-0.1, -0.05) is 236 Å². The minimum absolute atomic E-state index is 0.693. The predicted molar refractivity (Wildman–Crippen MR) is 446 cm³/mol. The Hall–Kier alpha value is -14.3. The zero-order chi connectivity index (χ0) is 73.0. The molecule has 19 aromatic rings. The second-order valence-electron chi connectivity index (χ2n) is 29.1. The van der Waals surface area contributed by atoms with Crippen LogP contribution in [-0.2, 0) is 10.8 Å². The average molecular weight is 1400 g/mol. The van der Waals surface area contributed by atoms with Crippen LogP contribution in [0.3, 0.4) is 0 Å². The number of aryl methyl sites for hydroxylation is 2. The topological polar surface area (TPSA) is 103 Å². The van der Waals surface area contributed by atoms with E-state index >= 15 is 0 Å². The molecule has 0 N–H and O–H groups in total. The van der Waals surface area contributed by atoms with Crippen LogP contribution in [0.15, 0.2) is 365 Å². The van der Waals surface area contributed by atoms with E-state index in [1.165, 1.54) is 55.6 Å². The summed E-state index contributed by atoms with van der Waals surface area (Å²) >= 11 is 0. The van der Waals surface area contributed by atoms with Crippen LogP contribution < -0.4 is 0 Å². The zero-order valence-corrected chi connectivity index (χ0v) is 60.2. The van der Waals surface area contributed by atoms with Crippen molar-refractivity contribution < 1.29 is 0 Å². The summed E-state index contributed by atoms with van der Waals surface area (Å²) in [5.74, 6) is 0. The third kappa shape index (κ3) is 10.4. The van der Waals surface area contributed by atoms with Crippen molar-refractivity contribution in [3.05, 3.63) is 420 Å². The van der Waals surface area contributed by atoms with E-state index < -0.39 is 10.8 Å². The number of benzene rings is 11. The van der Waals surface area contributed by atoms with E-state index in [9.17, 15) is 0 Å².